The summed E-state index contributed by atoms with van der Waals surface area (Å²) in [5.74, 6) is 1.97. The van der Waals surface area contributed by atoms with Gasteiger partial charge >= 0.3 is 5.97 Å². The number of carboxylic acid groups (broad SMARTS) is 1. The van der Waals surface area contributed by atoms with Gasteiger partial charge in [-0.25, -0.2) is 15.0 Å². The van der Waals surface area contributed by atoms with E-state index < -0.39 is 5.97 Å². The van der Waals surface area contributed by atoms with Crippen molar-refractivity contribution in [3.05, 3.63) is 41.2 Å². The van der Waals surface area contributed by atoms with Crippen LogP contribution in [0.2, 0.25) is 0 Å². The van der Waals surface area contributed by atoms with E-state index in [1.165, 1.54) is 0 Å². The summed E-state index contributed by atoms with van der Waals surface area (Å²) in [5.41, 5.74) is 3.02. The van der Waals surface area contributed by atoms with Crippen molar-refractivity contribution in [2.75, 3.05) is 5.32 Å². The Hall–Kier alpha value is -3.56. The minimum absolute atomic E-state index is 0.116. The van der Waals surface area contributed by atoms with Crippen LogP contribution in [0.4, 0.5) is 5.95 Å². The molecule has 2 aliphatic rings. The molecular weight excluding hydrogens is 436 g/mol. The zero-order chi connectivity index (χ0) is 23.7. The quantitative estimate of drug-likeness (QED) is 0.502. The molecule has 0 bridgehead atoms. The van der Waals surface area contributed by atoms with Gasteiger partial charge in [0.15, 0.2) is 5.76 Å². The molecule has 0 radical (unpaired) electrons. The second kappa shape index (κ2) is 9.36. The fourth-order valence-corrected chi connectivity index (χ4v) is 4.35. The number of anilines is 1. The van der Waals surface area contributed by atoms with Gasteiger partial charge in [-0.05, 0) is 64.5 Å². The first-order chi connectivity index (χ1) is 16.5. The Balaban J connectivity index is 1.29. The van der Waals surface area contributed by atoms with E-state index in [0.717, 1.165) is 48.5 Å². The Morgan fingerprint density at radius 3 is 2.76 bits per heavy atom. The van der Waals surface area contributed by atoms with Gasteiger partial charge in [0.05, 0.1) is 23.4 Å². The van der Waals surface area contributed by atoms with Crippen LogP contribution in [0.5, 0.6) is 5.75 Å². The van der Waals surface area contributed by atoms with Crippen molar-refractivity contribution in [3.8, 4) is 17.2 Å². The van der Waals surface area contributed by atoms with Crippen LogP contribution < -0.4 is 10.1 Å². The number of ether oxygens (including phenoxy) is 1. The van der Waals surface area contributed by atoms with Gasteiger partial charge in [0.25, 0.3) is 0 Å². The standard InChI is InChI=1S/C24H28N6O4/c1-13-18(11-25-24-27-12-26-22(29-24)15-6-7-15)21(34-30-13)19-8-9-20(14(2)28-19)33-17-5-3-4-16(10-17)23(31)32/h8-9,12,15-17H,3-7,10-11H2,1-2H3,(H,31,32)(H,25,26,27,29)/t16-,17-/m0/s1. The molecular formula is C24H28N6O4. The van der Waals surface area contributed by atoms with Crippen molar-refractivity contribution >= 4 is 11.9 Å². The molecule has 0 aromatic carbocycles. The number of nitrogens with zero attached hydrogens (tertiary/aromatic N) is 5. The lowest BCUT2D eigenvalue weighted by Gasteiger charge is -2.27. The predicted octanol–water partition coefficient (Wildman–Crippen LogP) is 4.05. The van der Waals surface area contributed by atoms with Crippen LogP contribution in [-0.4, -0.2) is 42.3 Å². The van der Waals surface area contributed by atoms with Crippen molar-refractivity contribution < 1.29 is 19.2 Å². The minimum Gasteiger partial charge on any atom is -0.489 e. The molecule has 178 valence electrons. The monoisotopic (exact) mass is 464 g/mol. The highest BCUT2D eigenvalue weighted by Crippen LogP contribution is 2.38. The molecule has 2 aliphatic carbocycles. The van der Waals surface area contributed by atoms with Gasteiger partial charge in [-0.2, -0.15) is 4.98 Å². The van der Waals surface area contributed by atoms with E-state index in [0.29, 0.717) is 48.5 Å². The SMILES string of the molecule is Cc1nc(-c2onc(C)c2CNc2ncnc(C3CC3)n2)ccc1O[C@H]1CCC[C@H](C(=O)O)C1. The number of pyridine rings is 1. The summed E-state index contributed by atoms with van der Waals surface area (Å²) in [7, 11) is 0. The van der Waals surface area contributed by atoms with E-state index in [9.17, 15) is 9.90 Å². The highest BCUT2D eigenvalue weighted by molar-refractivity contribution is 5.70. The molecule has 0 aliphatic heterocycles. The van der Waals surface area contributed by atoms with Crippen LogP contribution >= 0.6 is 0 Å². The molecule has 0 spiro atoms. The lowest BCUT2D eigenvalue weighted by molar-refractivity contribution is -0.143. The lowest BCUT2D eigenvalue weighted by Crippen LogP contribution is -2.29. The molecule has 2 saturated carbocycles. The maximum Gasteiger partial charge on any atom is 0.306 e. The van der Waals surface area contributed by atoms with Gasteiger partial charge in [0.2, 0.25) is 5.95 Å². The Labute approximate surface area is 197 Å². The van der Waals surface area contributed by atoms with Crippen LogP contribution in [0, 0.1) is 19.8 Å². The fourth-order valence-electron chi connectivity index (χ4n) is 4.35. The lowest BCUT2D eigenvalue weighted by atomic mass is 9.87. The summed E-state index contributed by atoms with van der Waals surface area (Å²) in [5, 5.41) is 16.7. The first-order valence-electron chi connectivity index (χ1n) is 11.7. The molecule has 0 unspecified atom stereocenters. The van der Waals surface area contributed by atoms with Crippen LogP contribution in [0.3, 0.4) is 0 Å². The molecule has 10 nitrogen and oxygen atoms in total. The Morgan fingerprint density at radius 1 is 1.15 bits per heavy atom. The summed E-state index contributed by atoms with van der Waals surface area (Å²) < 4.78 is 11.7. The summed E-state index contributed by atoms with van der Waals surface area (Å²) in [6, 6.07) is 3.71. The smallest absolute Gasteiger partial charge is 0.306 e. The van der Waals surface area contributed by atoms with Gasteiger partial charge in [0.1, 0.15) is 23.6 Å². The number of rotatable bonds is 8. The Bertz CT molecular complexity index is 1190. The Morgan fingerprint density at radius 2 is 2.00 bits per heavy atom. The molecule has 2 fully saturated rings. The van der Waals surface area contributed by atoms with Crippen LogP contribution in [0.25, 0.3) is 11.5 Å². The summed E-state index contributed by atoms with van der Waals surface area (Å²) in [4.78, 5) is 29.0. The third-order valence-electron chi connectivity index (χ3n) is 6.48. The number of hydrogen-bond acceptors (Lipinski definition) is 9. The average molecular weight is 465 g/mol. The number of aryl methyl sites for hydroxylation is 2. The van der Waals surface area contributed by atoms with Crippen LogP contribution in [-0.2, 0) is 11.3 Å². The topological polar surface area (TPSA) is 136 Å². The zero-order valence-corrected chi connectivity index (χ0v) is 19.3. The highest BCUT2D eigenvalue weighted by atomic mass is 16.5. The van der Waals surface area contributed by atoms with E-state index in [-0.39, 0.29) is 12.0 Å². The number of carboxylic acids is 1. The number of aromatic nitrogens is 5. The number of carbonyl (C=O) groups is 1. The molecule has 3 aromatic rings. The van der Waals surface area contributed by atoms with Crippen molar-refractivity contribution in [2.45, 2.75) is 70.9 Å². The molecule has 2 atom stereocenters. The second-order valence-corrected chi connectivity index (χ2v) is 9.09. The molecule has 5 rings (SSSR count). The minimum atomic E-state index is -0.749. The van der Waals surface area contributed by atoms with Crippen molar-refractivity contribution in [2.24, 2.45) is 5.92 Å². The molecule has 3 heterocycles. The van der Waals surface area contributed by atoms with Gasteiger partial charge in [-0.1, -0.05) is 5.16 Å². The average Bonchev–Trinajstić information content (AvgIpc) is 3.62. The molecule has 10 heteroatoms. The summed E-state index contributed by atoms with van der Waals surface area (Å²) >= 11 is 0. The third kappa shape index (κ3) is 4.85. The van der Waals surface area contributed by atoms with Crippen LogP contribution in [0.15, 0.2) is 23.0 Å². The fraction of sp³-hybridized carbons (Fsp3) is 0.500. The first-order valence-corrected chi connectivity index (χ1v) is 11.7. The predicted molar refractivity (Wildman–Crippen MR) is 122 cm³/mol. The molecule has 34 heavy (non-hydrogen) atoms. The largest absolute Gasteiger partial charge is 0.489 e. The highest BCUT2D eigenvalue weighted by Gasteiger charge is 2.29. The molecule has 2 N–H and O–H groups in total. The molecule has 3 aromatic heterocycles. The van der Waals surface area contributed by atoms with Gasteiger partial charge < -0.3 is 19.7 Å². The number of nitrogens with one attached hydrogen (secondary N) is 1. The zero-order valence-electron chi connectivity index (χ0n) is 19.3. The van der Waals surface area contributed by atoms with Gasteiger partial charge in [0, 0.05) is 18.0 Å². The van der Waals surface area contributed by atoms with E-state index in [2.05, 4.69) is 25.4 Å². The summed E-state index contributed by atoms with van der Waals surface area (Å²) in [6.07, 6.45) is 6.61. The van der Waals surface area contributed by atoms with Crippen LogP contribution in [0.1, 0.15) is 67.2 Å². The van der Waals surface area contributed by atoms with Crippen molar-refractivity contribution in [1.82, 2.24) is 25.1 Å². The van der Waals surface area contributed by atoms with Crippen molar-refractivity contribution in [3.63, 3.8) is 0 Å². The van der Waals surface area contributed by atoms with E-state index in [1.807, 2.05) is 26.0 Å². The Kier molecular flexibility index (Phi) is 6.12. The van der Waals surface area contributed by atoms with Gasteiger partial charge in [-0.3, -0.25) is 4.79 Å². The van der Waals surface area contributed by atoms with E-state index >= 15 is 0 Å². The number of hydrogen-bond donors (Lipinski definition) is 2. The third-order valence-corrected chi connectivity index (χ3v) is 6.48. The van der Waals surface area contributed by atoms with E-state index in [4.69, 9.17) is 14.2 Å². The maximum atomic E-state index is 11.3. The molecule has 0 saturated heterocycles. The van der Waals surface area contributed by atoms with Crippen molar-refractivity contribution in [1.29, 1.82) is 0 Å². The first kappa shape index (κ1) is 22.2. The summed E-state index contributed by atoms with van der Waals surface area (Å²) in [6.45, 7) is 4.21. The number of aliphatic carboxylic acids is 1. The maximum absolute atomic E-state index is 11.3. The normalized spacial score (nSPS) is 20.2. The molecule has 0 amide bonds. The second-order valence-electron chi connectivity index (χ2n) is 9.09. The van der Waals surface area contributed by atoms with E-state index in [1.54, 1.807) is 6.33 Å². The van der Waals surface area contributed by atoms with Gasteiger partial charge in [-0.15, -0.1) is 0 Å².